The summed E-state index contributed by atoms with van der Waals surface area (Å²) in [4.78, 5) is 16.9. The zero-order valence-corrected chi connectivity index (χ0v) is 14.4. The van der Waals surface area contributed by atoms with E-state index in [1.165, 1.54) is 12.7 Å². The molecule has 2 atom stereocenters. The number of hydrogen-bond acceptors (Lipinski definition) is 5. The highest BCUT2D eigenvalue weighted by Crippen LogP contribution is 2.37. The highest BCUT2D eigenvalue weighted by atomic mass is 16.5. The van der Waals surface area contributed by atoms with Gasteiger partial charge in [-0.25, -0.2) is 4.98 Å². The highest BCUT2D eigenvalue weighted by molar-refractivity contribution is 5.92. The summed E-state index contributed by atoms with van der Waals surface area (Å²) in [5.41, 5.74) is 2.65. The highest BCUT2D eigenvalue weighted by Gasteiger charge is 2.32. The van der Waals surface area contributed by atoms with E-state index in [-0.39, 0.29) is 23.7 Å². The molecule has 7 heteroatoms. The third-order valence-electron chi connectivity index (χ3n) is 4.76. The molecule has 0 unspecified atom stereocenters. The van der Waals surface area contributed by atoms with Crippen molar-refractivity contribution in [2.45, 2.75) is 24.9 Å². The second-order valence-electron chi connectivity index (χ2n) is 6.23. The smallest absolute Gasteiger partial charge is 0.272 e. The Kier molecular flexibility index (Phi) is 4.35. The third-order valence-corrected chi connectivity index (χ3v) is 4.76. The summed E-state index contributed by atoms with van der Waals surface area (Å²) < 4.78 is 7.05. The van der Waals surface area contributed by atoms with E-state index in [0.29, 0.717) is 5.88 Å². The molecule has 3 aromatic rings. The van der Waals surface area contributed by atoms with E-state index in [0.717, 1.165) is 18.4 Å². The normalized spacial score (nSPS) is 18.8. The summed E-state index contributed by atoms with van der Waals surface area (Å²) in [5.74, 6) is 0.118. The molecule has 0 saturated carbocycles. The van der Waals surface area contributed by atoms with Crippen LogP contribution in [0.2, 0.25) is 0 Å². The summed E-state index contributed by atoms with van der Waals surface area (Å²) in [6.45, 7) is 0. The molecular formula is C19H19N5O2. The monoisotopic (exact) mass is 349 g/mol. The molecule has 0 aliphatic heterocycles. The maximum absolute atomic E-state index is 12.8. The van der Waals surface area contributed by atoms with Crippen LogP contribution in [0.25, 0.3) is 0 Å². The van der Waals surface area contributed by atoms with Gasteiger partial charge in [0.1, 0.15) is 0 Å². The second kappa shape index (κ2) is 6.95. The molecule has 0 spiro atoms. The molecule has 1 amide bonds. The van der Waals surface area contributed by atoms with Crippen molar-refractivity contribution in [3.8, 4) is 5.88 Å². The van der Waals surface area contributed by atoms with Crippen LogP contribution in [0.4, 0.5) is 0 Å². The number of nitrogens with zero attached hydrogens (tertiary/aromatic N) is 4. The molecule has 132 valence electrons. The zero-order valence-electron chi connectivity index (χ0n) is 14.4. The molecule has 4 rings (SSSR count). The number of amides is 1. The van der Waals surface area contributed by atoms with E-state index < -0.39 is 0 Å². The van der Waals surface area contributed by atoms with Gasteiger partial charge in [-0.3, -0.25) is 4.79 Å². The van der Waals surface area contributed by atoms with E-state index in [2.05, 4.69) is 37.2 Å². The van der Waals surface area contributed by atoms with E-state index in [1.807, 2.05) is 18.3 Å². The standard InChI is InChI=1S/C19H19N5O2/c1-26-17-9-7-15(22-23-17)19(25)21-18-14-5-3-2-4-13(14)6-8-16(18)24-11-10-20-12-24/h2-5,7,9-12,16,18H,6,8H2,1H3,(H,21,25)/t16-,18+/m0/s1. The maximum Gasteiger partial charge on any atom is 0.272 e. The first-order valence-electron chi connectivity index (χ1n) is 8.50. The first-order chi connectivity index (χ1) is 12.8. The van der Waals surface area contributed by atoms with Crippen LogP contribution in [0, 0.1) is 0 Å². The quantitative estimate of drug-likeness (QED) is 0.782. The van der Waals surface area contributed by atoms with Gasteiger partial charge < -0.3 is 14.6 Å². The minimum Gasteiger partial charge on any atom is -0.480 e. The topological polar surface area (TPSA) is 81.9 Å². The largest absolute Gasteiger partial charge is 0.480 e. The first kappa shape index (κ1) is 16.3. The van der Waals surface area contributed by atoms with Crippen molar-refractivity contribution in [2.75, 3.05) is 7.11 Å². The number of nitrogens with one attached hydrogen (secondary N) is 1. The van der Waals surface area contributed by atoms with Gasteiger partial charge in [-0.15, -0.1) is 10.2 Å². The summed E-state index contributed by atoms with van der Waals surface area (Å²) in [6, 6.07) is 11.4. The number of benzene rings is 1. The van der Waals surface area contributed by atoms with Crippen molar-refractivity contribution in [3.63, 3.8) is 0 Å². The molecule has 0 saturated heterocycles. The second-order valence-corrected chi connectivity index (χ2v) is 6.23. The Morgan fingerprint density at radius 2 is 2.12 bits per heavy atom. The van der Waals surface area contributed by atoms with Gasteiger partial charge in [-0.1, -0.05) is 24.3 Å². The van der Waals surface area contributed by atoms with Crippen molar-refractivity contribution >= 4 is 5.91 Å². The van der Waals surface area contributed by atoms with Crippen LogP contribution < -0.4 is 10.1 Å². The fourth-order valence-electron chi connectivity index (χ4n) is 3.47. The SMILES string of the molecule is COc1ccc(C(=O)N[C@@H]2c3ccccc3CC[C@@H]2n2ccnc2)nn1. The Balaban J connectivity index is 1.64. The molecular weight excluding hydrogens is 330 g/mol. The van der Waals surface area contributed by atoms with Gasteiger partial charge in [-0.2, -0.15) is 0 Å². The summed E-state index contributed by atoms with van der Waals surface area (Å²) in [7, 11) is 1.51. The van der Waals surface area contributed by atoms with Gasteiger partial charge in [0.25, 0.3) is 5.91 Å². The van der Waals surface area contributed by atoms with Gasteiger partial charge >= 0.3 is 0 Å². The summed E-state index contributed by atoms with van der Waals surface area (Å²) in [6.07, 6.45) is 7.38. The number of fused-ring (bicyclic) bond motifs is 1. The van der Waals surface area contributed by atoms with Crippen molar-refractivity contribution in [1.29, 1.82) is 0 Å². The number of rotatable bonds is 4. The van der Waals surface area contributed by atoms with E-state index in [1.54, 1.807) is 24.7 Å². The third kappa shape index (κ3) is 3.03. The van der Waals surface area contributed by atoms with Gasteiger partial charge in [0.05, 0.1) is 25.5 Å². The van der Waals surface area contributed by atoms with Crippen molar-refractivity contribution < 1.29 is 9.53 Å². The number of aromatic nitrogens is 4. The Bertz CT molecular complexity index is 893. The lowest BCUT2D eigenvalue weighted by Gasteiger charge is -2.34. The van der Waals surface area contributed by atoms with Crippen LogP contribution in [0.1, 0.15) is 40.1 Å². The number of hydrogen-bond donors (Lipinski definition) is 1. The zero-order chi connectivity index (χ0) is 17.9. The lowest BCUT2D eigenvalue weighted by Crippen LogP contribution is -2.37. The molecule has 2 aromatic heterocycles. The number of imidazole rings is 1. The molecule has 0 fully saturated rings. The molecule has 1 aromatic carbocycles. The summed E-state index contributed by atoms with van der Waals surface area (Å²) in [5, 5.41) is 11.0. The molecule has 1 N–H and O–H groups in total. The van der Waals surface area contributed by atoms with Gasteiger partial charge in [0, 0.05) is 18.5 Å². The summed E-state index contributed by atoms with van der Waals surface area (Å²) >= 11 is 0. The molecule has 0 radical (unpaired) electrons. The Hall–Kier alpha value is -3.22. The van der Waals surface area contributed by atoms with Crippen LogP contribution in [0.3, 0.4) is 0 Å². The van der Waals surface area contributed by atoms with E-state index in [9.17, 15) is 4.79 Å². The molecule has 1 aliphatic carbocycles. The number of methoxy groups -OCH3 is 1. The number of ether oxygens (including phenoxy) is 1. The van der Waals surface area contributed by atoms with Gasteiger partial charge in [0.15, 0.2) is 5.69 Å². The maximum atomic E-state index is 12.8. The van der Waals surface area contributed by atoms with Crippen molar-refractivity contribution in [3.05, 3.63) is 71.9 Å². The van der Waals surface area contributed by atoms with E-state index in [4.69, 9.17) is 4.74 Å². The minimum absolute atomic E-state index is 0.0996. The lowest BCUT2D eigenvalue weighted by atomic mass is 9.83. The predicted octanol–water partition coefficient (Wildman–Crippen LogP) is 2.34. The van der Waals surface area contributed by atoms with Gasteiger partial charge in [-0.05, 0) is 30.0 Å². The fraction of sp³-hybridized carbons (Fsp3) is 0.263. The van der Waals surface area contributed by atoms with Crippen LogP contribution in [-0.4, -0.2) is 32.8 Å². The van der Waals surface area contributed by atoms with Crippen LogP contribution in [0.15, 0.2) is 55.1 Å². The van der Waals surface area contributed by atoms with Crippen LogP contribution in [-0.2, 0) is 6.42 Å². The average Bonchev–Trinajstić information content (AvgIpc) is 3.23. The Morgan fingerprint density at radius 1 is 1.23 bits per heavy atom. The van der Waals surface area contributed by atoms with Crippen molar-refractivity contribution in [2.24, 2.45) is 0 Å². The Labute approximate surface area is 151 Å². The molecule has 26 heavy (non-hydrogen) atoms. The molecule has 0 bridgehead atoms. The number of aryl methyl sites for hydroxylation is 1. The lowest BCUT2D eigenvalue weighted by molar-refractivity contribution is 0.0911. The minimum atomic E-state index is -0.257. The number of carbonyl (C=O) groups is 1. The number of carbonyl (C=O) groups excluding carboxylic acids is 1. The molecule has 1 aliphatic rings. The van der Waals surface area contributed by atoms with Crippen molar-refractivity contribution in [1.82, 2.24) is 25.1 Å². The van der Waals surface area contributed by atoms with E-state index >= 15 is 0 Å². The predicted molar refractivity (Wildman–Crippen MR) is 94.8 cm³/mol. The van der Waals surface area contributed by atoms with Crippen LogP contribution in [0.5, 0.6) is 5.88 Å². The molecule has 7 nitrogen and oxygen atoms in total. The Morgan fingerprint density at radius 3 is 2.85 bits per heavy atom. The average molecular weight is 349 g/mol. The van der Waals surface area contributed by atoms with Gasteiger partial charge in [0.2, 0.25) is 5.88 Å². The van der Waals surface area contributed by atoms with Crippen LogP contribution >= 0.6 is 0 Å². The molecule has 2 heterocycles. The first-order valence-corrected chi connectivity index (χ1v) is 8.50. The fourth-order valence-corrected chi connectivity index (χ4v) is 3.47.